The Morgan fingerprint density at radius 1 is 0.767 bits per heavy atom. The van der Waals surface area contributed by atoms with Gasteiger partial charge in [-0.15, -0.1) is 0 Å². The molecule has 150 valence electrons. The summed E-state index contributed by atoms with van der Waals surface area (Å²) in [6.45, 7) is 5.93. The standard InChI is InChI=1S/C25H21FN2O2/c1-15-4-10-20(11-5-15)27-23-22(18-7-6-16(2)17(3)14-18)24(29)28(25(23)30)21-12-8-19(26)9-13-21/h4-14,27H,1-3H3. The number of carbonyl (C=O) groups is 2. The van der Waals surface area contributed by atoms with E-state index in [4.69, 9.17) is 0 Å². The highest BCUT2D eigenvalue weighted by molar-refractivity contribution is 6.46. The highest BCUT2D eigenvalue weighted by Crippen LogP contribution is 2.34. The number of benzene rings is 3. The van der Waals surface area contributed by atoms with Crippen molar-refractivity contribution >= 4 is 28.8 Å². The van der Waals surface area contributed by atoms with Gasteiger partial charge in [0.25, 0.3) is 11.8 Å². The van der Waals surface area contributed by atoms with Crippen molar-refractivity contribution < 1.29 is 14.0 Å². The van der Waals surface area contributed by atoms with E-state index in [1.165, 1.54) is 24.3 Å². The molecule has 0 aliphatic carbocycles. The van der Waals surface area contributed by atoms with Crippen LogP contribution in [-0.4, -0.2) is 11.8 Å². The predicted octanol–water partition coefficient (Wildman–Crippen LogP) is 5.15. The fraction of sp³-hybridized carbons (Fsp3) is 0.120. The molecule has 0 radical (unpaired) electrons. The SMILES string of the molecule is Cc1ccc(NC2=C(c3ccc(C)c(C)c3)C(=O)N(c3ccc(F)cc3)C2=O)cc1. The summed E-state index contributed by atoms with van der Waals surface area (Å²) < 4.78 is 13.4. The van der Waals surface area contributed by atoms with Crippen LogP contribution in [0.25, 0.3) is 5.57 Å². The van der Waals surface area contributed by atoms with Gasteiger partial charge in [0.2, 0.25) is 0 Å². The van der Waals surface area contributed by atoms with E-state index in [0.717, 1.165) is 21.6 Å². The van der Waals surface area contributed by atoms with Crippen LogP contribution in [0.5, 0.6) is 0 Å². The van der Waals surface area contributed by atoms with Gasteiger partial charge >= 0.3 is 0 Å². The second-order valence-corrected chi connectivity index (χ2v) is 7.46. The third kappa shape index (κ3) is 3.50. The van der Waals surface area contributed by atoms with Gasteiger partial charge in [0.15, 0.2) is 0 Å². The first-order chi connectivity index (χ1) is 14.3. The number of hydrogen-bond donors (Lipinski definition) is 1. The Morgan fingerprint density at radius 3 is 2.07 bits per heavy atom. The lowest BCUT2D eigenvalue weighted by molar-refractivity contribution is -0.120. The van der Waals surface area contributed by atoms with Crippen molar-refractivity contribution in [2.75, 3.05) is 10.2 Å². The zero-order valence-electron chi connectivity index (χ0n) is 17.0. The van der Waals surface area contributed by atoms with E-state index in [2.05, 4.69) is 5.32 Å². The van der Waals surface area contributed by atoms with Crippen LogP contribution in [0, 0.1) is 26.6 Å². The second kappa shape index (κ2) is 7.59. The van der Waals surface area contributed by atoms with Gasteiger partial charge in [-0.25, -0.2) is 9.29 Å². The fourth-order valence-electron chi connectivity index (χ4n) is 3.42. The van der Waals surface area contributed by atoms with Crippen LogP contribution in [0.2, 0.25) is 0 Å². The number of hydrogen-bond acceptors (Lipinski definition) is 3. The Morgan fingerprint density at radius 2 is 1.43 bits per heavy atom. The van der Waals surface area contributed by atoms with Crippen molar-refractivity contribution in [2.45, 2.75) is 20.8 Å². The largest absolute Gasteiger partial charge is 0.350 e. The second-order valence-electron chi connectivity index (χ2n) is 7.46. The van der Waals surface area contributed by atoms with Crippen LogP contribution in [0.1, 0.15) is 22.3 Å². The molecule has 1 heterocycles. The first-order valence-corrected chi connectivity index (χ1v) is 9.65. The number of anilines is 2. The lowest BCUT2D eigenvalue weighted by Crippen LogP contribution is -2.32. The summed E-state index contributed by atoms with van der Waals surface area (Å²) in [6.07, 6.45) is 0. The summed E-state index contributed by atoms with van der Waals surface area (Å²) in [6, 6.07) is 18.6. The number of nitrogens with zero attached hydrogens (tertiary/aromatic N) is 1. The molecule has 0 atom stereocenters. The number of halogens is 1. The van der Waals surface area contributed by atoms with Crippen molar-refractivity contribution in [2.24, 2.45) is 0 Å². The predicted molar refractivity (Wildman–Crippen MR) is 117 cm³/mol. The molecule has 0 saturated heterocycles. The Bertz CT molecular complexity index is 1180. The summed E-state index contributed by atoms with van der Waals surface area (Å²) in [5.74, 6) is -1.34. The number of carbonyl (C=O) groups excluding carboxylic acids is 2. The van der Waals surface area contributed by atoms with Crippen LogP contribution in [0.3, 0.4) is 0 Å². The molecule has 30 heavy (non-hydrogen) atoms. The number of aryl methyl sites for hydroxylation is 3. The number of nitrogens with one attached hydrogen (secondary N) is 1. The molecule has 0 saturated carbocycles. The van der Waals surface area contributed by atoms with Crippen molar-refractivity contribution in [1.82, 2.24) is 0 Å². The molecule has 3 aromatic rings. The monoisotopic (exact) mass is 400 g/mol. The molecule has 5 heteroatoms. The molecule has 0 fully saturated rings. The van der Waals surface area contributed by atoms with Crippen LogP contribution in [-0.2, 0) is 9.59 Å². The number of amides is 2. The Hall–Kier alpha value is -3.73. The third-order valence-electron chi connectivity index (χ3n) is 5.29. The van der Waals surface area contributed by atoms with Gasteiger partial charge in [0.1, 0.15) is 11.5 Å². The third-order valence-corrected chi connectivity index (χ3v) is 5.29. The Labute approximate surface area is 174 Å². The molecule has 2 amide bonds. The van der Waals surface area contributed by atoms with Gasteiger partial charge < -0.3 is 5.32 Å². The first kappa shape index (κ1) is 19.6. The zero-order valence-corrected chi connectivity index (χ0v) is 17.0. The highest BCUT2D eigenvalue weighted by Gasteiger charge is 2.40. The molecule has 1 aliphatic rings. The zero-order chi connectivity index (χ0) is 21.4. The van der Waals surface area contributed by atoms with Crippen molar-refractivity contribution in [3.63, 3.8) is 0 Å². The molecule has 0 unspecified atom stereocenters. The quantitative estimate of drug-likeness (QED) is 0.617. The lowest BCUT2D eigenvalue weighted by atomic mass is 9.99. The minimum Gasteiger partial charge on any atom is -0.350 e. The summed E-state index contributed by atoms with van der Waals surface area (Å²) in [5, 5.41) is 3.14. The van der Waals surface area contributed by atoms with Gasteiger partial charge in [-0.05, 0) is 73.9 Å². The van der Waals surface area contributed by atoms with E-state index in [0.29, 0.717) is 22.5 Å². The van der Waals surface area contributed by atoms with Crippen LogP contribution in [0.15, 0.2) is 72.4 Å². The topological polar surface area (TPSA) is 49.4 Å². The smallest absolute Gasteiger partial charge is 0.282 e. The van der Waals surface area contributed by atoms with Gasteiger partial charge in [0, 0.05) is 5.69 Å². The van der Waals surface area contributed by atoms with Crippen LogP contribution < -0.4 is 10.2 Å². The molecule has 1 N–H and O–H groups in total. The number of rotatable bonds is 4. The summed E-state index contributed by atoms with van der Waals surface area (Å²) in [4.78, 5) is 27.7. The van der Waals surface area contributed by atoms with E-state index in [1.807, 2.05) is 63.2 Å². The maximum absolute atomic E-state index is 13.4. The fourth-order valence-corrected chi connectivity index (χ4v) is 3.42. The van der Waals surface area contributed by atoms with E-state index in [9.17, 15) is 14.0 Å². The highest BCUT2D eigenvalue weighted by atomic mass is 19.1. The van der Waals surface area contributed by atoms with Crippen molar-refractivity contribution in [1.29, 1.82) is 0 Å². The maximum atomic E-state index is 13.4. The minimum atomic E-state index is -0.472. The molecular weight excluding hydrogens is 379 g/mol. The summed E-state index contributed by atoms with van der Waals surface area (Å²) in [5.41, 5.74) is 5.41. The molecule has 1 aliphatic heterocycles. The summed E-state index contributed by atoms with van der Waals surface area (Å²) in [7, 11) is 0. The van der Waals surface area contributed by atoms with E-state index < -0.39 is 17.6 Å². The molecule has 0 aromatic heterocycles. The molecular formula is C25H21FN2O2. The average Bonchev–Trinajstić information content (AvgIpc) is 2.96. The Kier molecular flexibility index (Phi) is 4.96. The minimum absolute atomic E-state index is 0.205. The number of imide groups is 1. The van der Waals surface area contributed by atoms with Gasteiger partial charge in [-0.1, -0.05) is 35.9 Å². The van der Waals surface area contributed by atoms with Gasteiger partial charge in [0.05, 0.1) is 11.3 Å². The van der Waals surface area contributed by atoms with Crippen LogP contribution in [0.4, 0.5) is 15.8 Å². The van der Waals surface area contributed by atoms with Gasteiger partial charge in [-0.3, -0.25) is 9.59 Å². The average molecular weight is 400 g/mol. The lowest BCUT2D eigenvalue weighted by Gasteiger charge is -2.15. The van der Waals surface area contributed by atoms with Gasteiger partial charge in [-0.2, -0.15) is 0 Å². The van der Waals surface area contributed by atoms with Crippen LogP contribution >= 0.6 is 0 Å². The van der Waals surface area contributed by atoms with E-state index >= 15 is 0 Å². The summed E-state index contributed by atoms with van der Waals surface area (Å²) >= 11 is 0. The normalized spacial score (nSPS) is 13.9. The molecule has 4 nitrogen and oxygen atoms in total. The molecule has 4 rings (SSSR count). The molecule has 0 spiro atoms. The van der Waals surface area contributed by atoms with E-state index in [-0.39, 0.29) is 5.70 Å². The van der Waals surface area contributed by atoms with Crippen molar-refractivity contribution in [3.8, 4) is 0 Å². The molecule has 3 aromatic carbocycles. The Balaban J connectivity index is 1.83. The van der Waals surface area contributed by atoms with Crippen molar-refractivity contribution in [3.05, 3.63) is 100 Å². The molecule has 0 bridgehead atoms. The van der Waals surface area contributed by atoms with E-state index in [1.54, 1.807) is 0 Å². The first-order valence-electron chi connectivity index (χ1n) is 9.65. The maximum Gasteiger partial charge on any atom is 0.282 e.